The molecule has 158 valence electrons. The predicted octanol–water partition coefficient (Wildman–Crippen LogP) is 2.65. The van der Waals surface area contributed by atoms with E-state index < -0.39 is 0 Å². The van der Waals surface area contributed by atoms with Crippen LogP contribution in [-0.4, -0.2) is 57.5 Å². The number of benzene rings is 2. The smallest absolute Gasteiger partial charge is 0.231 e. The molecule has 2 aromatic rings. The molecule has 0 aliphatic carbocycles. The van der Waals surface area contributed by atoms with Crippen molar-refractivity contribution >= 4 is 17.7 Å². The minimum atomic E-state index is -0.372. The Morgan fingerprint density at radius 2 is 2.03 bits per heavy atom. The Hall–Kier alpha value is -2.81. The van der Waals surface area contributed by atoms with Crippen LogP contribution in [0.25, 0.3) is 0 Å². The number of hydrogen-bond donors (Lipinski definition) is 1. The Bertz CT molecular complexity index is 929. The molecule has 3 aliphatic rings. The number of para-hydroxylation sites is 1. The molecule has 2 aromatic carbocycles. The summed E-state index contributed by atoms with van der Waals surface area (Å²) in [6.07, 6.45) is 2.35. The van der Waals surface area contributed by atoms with Crippen molar-refractivity contribution in [2.75, 3.05) is 51.1 Å². The van der Waals surface area contributed by atoms with Crippen LogP contribution in [0.2, 0.25) is 0 Å². The Morgan fingerprint density at radius 1 is 1.13 bits per heavy atom. The minimum absolute atomic E-state index is 0.218. The van der Waals surface area contributed by atoms with Crippen molar-refractivity contribution in [3.8, 4) is 17.2 Å². The van der Waals surface area contributed by atoms with E-state index in [1.165, 1.54) is 0 Å². The van der Waals surface area contributed by atoms with Gasteiger partial charge in [0.05, 0.1) is 37.5 Å². The largest absolute Gasteiger partial charge is 0.493 e. The van der Waals surface area contributed by atoms with Crippen LogP contribution in [0.15, 0.2) is 41.4 Å². The highest BCUT2D eigenvalue weighted by atomic mass is 16.7. The van der Waals surface area contributed by atoms with Crippen LogP contribution in [-0.2, 0) is 4.74 Å². The summed E-state index contributed by atoms with van der Waals surface area (Å²) in [7, 11) is 0. The molecule has 8 heteroatoms. The van der Waals surface area contributed by atoms with E-state index in [0.717, 1.165) is 67.7 Å². The van der Waals surface area contributed by atoms with Gasteiger partial charge in [0.1, 0.15) is 11.9 Å². The Kier molecular flexibility index (Phi) is 5.44. The molecule has 3 aliphatic heterocycles. The number of hydrogen-bond acceptors (Lipinski definition) is 8. The number of ether oxygens (including phenoxy) is 4. The molecule has 1 unspecified atom stereocenters. The summed E-state index contributed by atoms with van der Waals surface area (Å²) >= 11 is 0. The van der Waals surface area contributed by atoms with Gasteiger partial charge in [-0.05, 0) is 30.7 Å². The first-order chi connectivity index (χ1) is 14.8. The number of nitrogens with two attached hydrogens (primary N) is 1. The molecule has 8 nitrogen and oxygen atoms in total. The van der Waals surface area contributed by atoms with Crippen molar-refractivity contribution in [2.24, 2.45) is 10.7 Å². The van der Waals surface area contributed by atoms with E-state index in [1.54, 1.807) is 6.34 Å². The molecule has 1 saturated heterocycles. The van der Waals surface area contributed by atoms with Gasteiger partial charge < -0.3 is 29.6 Å². The molecule has 5 rings (SSSR count). The molecule has 0 radical (unpaired) electrons. The Labute approximate surface area is 175 Å². The lowest BCUT2D eigenvalue weighted by atomic mass is 10.1. The molecule has 1 fully saturated rings. The molecular formula is C22H26N4O4. The lowest BCUT2D eigenvalue weighted by Gasteiger charge is -2.31. The molecule has 0 bridgehead atoms. The quantitative estimate of drug-likeness (QED) is 0.733. The van der Waals surface area contributed by atoms with E-state index in [1.807, 2.05) is 41.3 Å². The summed E-state index contributed by atoms with van der Waals surface area (Å²) in [6.45, 7) is 5.58. The van der Waals surface area contributed by atoms with Crippen molar-refractivity contribution in [1.29, 1.82) is 0 Å². The van der Waals surface area contributed by atoms with Crippen molar-refractivity contribution in [3.63, 3.8) is 0 Å². The van der Waals surface area contributed by atoms with Crippen LogP contribution in [0.1, 0.15) is 18.2 Å². The van der Waals surface area contributed by atoms with Crippen LogP contribution in [0.3, 0.4) is 0 Å². The van der Waals surface area contributed by atoms with Gasteiger partial charge in [-0.15, -0.1) is 0 Å². The molecule has 0 saturated carbocycles. The third-order valence-electron chi connectivity index (χ3n) is 5.59. The van der Waals surface area contributed by atoms with Gasteiger partial charge in [-0.3, -0.25) is 4.90 Å². The average Bonchev–Trinajstić information content (AvgIpc) is 3.27. The van der Waals surface area contributed by atoms with Crippen LogP contribution in [0, 0.1) is 0 Å². The lowest BCUT2D eigenvalue weighted by Crippen LogP contribution is -2.37. The third-order valence-corrected chi connectivity index (χ3v) is 5.59. The van der Waals surface area contributed by atoms with Gasteiger partial charge in [-0.2, -0.15) is 0 Å². The number of nitrogens with zero attached hydrogens (tertiary/aromatic N) is 3. The van der Waals surface area contributed by atoms with Gasteiger partial charge in [-0.1, -0.05) is 6.07 Å². The number of morpholine rings is 1. The zero-order valence-electron chi connectivity index (χ0n) is 16.8. The minimum Gasteiger partial charge on any atom is -0.493 e. The maximum absolute atomic E-state index is 6.55. The van der Waals surface area contributed by atoms with E-state index in [4.69, 9.17) is 24.7 Å². The standard InChI is InChI=1S/C22H26N4O4/c23-22-17-6-5-16(28-10-2-7-25-8-11-27-12-9-25)13-18(17)24-14-26(22)19-3-1-4-20-21(19)30-15-29-20/h1,3-6,13-14,22H,2,7-12,15,23H2. The number of aliphatic imine (C=N–C) groups is 1. The van der Waals surface area contributed by atoms with E-state index in [9.17, 15) is 0 Å². The van der Waals surface area contributed by atoms with Crippen molar-refractivity contribution in [1.82, 2.24) is 4.90 Å². The zero-order valence-corrected chi connectivity index (χ0v) is 16.8. The number of rotatable bonds is 6. The number of fused-ring (bicyclic) bond motifs is 2. The third kappa shape index (κ3) is 3.81. The van der Waals surface area contributed by atoms with Gasteiger partial charge in [0, 0.05) is 31.3 Å². The van der Waals surface area contributed by atoms with Gasteiger partial charge in [0.25, 0.3) is 0 Å². The molecule has 0 amide bonds. The van der Waals surface area contributed by atoms with Crippen LogP contribution < -0.4 is 24.8 Å². The average molecular weight is 410 g/mol. The van der Waals surface area contributed by atoms with Crippen molar-refractivity contribution < 1.29 is 18.9 Å². The zero-order chi connectivity index (χ0) is 20.3. The molecular weight excluding hydrogens is 384 g/mol. The number of anilines is 1. The van der Waals surface area contributed by atoms with Gasteiger partial charge in [-0.25, -0.2) is 4.99 Å². The highest BCUT2D eigenvalue weighted by Crippen LogP contribution is 2.44. The van der Waals surface area contributed by atoms with E-state index in [-0.39, 0.29) is 13.0 Å². The maximum Gasteiger partial charge on any atom is 0.231 e. The van der Waals surface area contributed by atoms with Crippen molar-refractivity contribution in [3.05, 3.63) is 42.0 Å². The van der Waals surface area contributed by atoms with E-state index >= 15 is 0 Å². The summed E-state index contributed by atoms with van der Waals surface area (Å²) in [5.41, 5.74) is 9.16. The first kappa shape index (κ1) is 19.2. The van der Waals surface area contributed by atoms with Crippen LogP contribution >= 0.6 is 0 Å². The fourth-order valence-electron chi connectivity index (χ4n) is 3.95. The highest BCUT2D eigenvalue weighted by molar-refractivity contribution is 5.89. The van der Waals surface area contributed by atoms with Gasteiger partial charge in [0.2, 0.25) is 6.79 Å². The molecule has 0 aromatic heterocycles. The van der Waals surface area contributed by atoms with Crippen LogP contribution in [0.5, 0.6) is 17.2 Å². The van der Waals surface area contributed by atoms with Crippen molar-refractivity contribution in [2.45, 2.75) is 12.6 Å². The second kappa shape index (κ2) is 8.51. The summed E-state index contributed by atoms with van der Waals surface area (Å²) < 4.78 is 22.4. The normalized spacial score (nSPS) is 20.3. The molecule has 30 heavy (non-hydrogen) atoms. The first-order valence-electron chi connectivity index (χ1n) is 10.3. The molecule has 3 heterocycles. The summed E-state index contributed by atoms with van der Waals surface area (Å²) in [4.78, 5) is 8.92. The summed E-state index contributed by atoms with van der Waals surface area (Å²) in [6, 6.07) is 11.7. The summed E-state index contributed by atoms with van der Waals surface area (Å²) in [5, 5.41) is 0. The lowest BCUT2D eigenvalue weighted by molar-refractivity contribution is 0.0358. The highest BCUT2D eigenvalue weighted by Gasteiger charge is 2.28. The van der Waals surface area contributed by atoms with Gasteiger partial charge >= 0.3 is 0 Å². The maximum atomic E-state index is 6.55. The summed E-state index contributed by atoms with van der Waals surface area (Å²) in [5.74, 6) is 2.23. The van der Waals surface area contributed by atoms with E-state index in [2.05, 4.69) is 9.89 Å². The second-order valence-electron chi connectivity index (χ2n) is 7.48. The predicted molar refractivity (Wildman–Crippen MR) is 114 cm³/mol. The van der Waals surface area contributed by atoms with E-state index in [0.29, 0.717) is 12.4 Å². The Balaban J connectivity index is 1.23. The Morgan fingerprint density at radius 3 is 2.93 bits per heavy atom. The molecule has 2 N–H and O–H groups in total. The van der Waals surface area contributed by atoms with Gasteiger partial charge in [0.15, 0.2) is 11.5 Å². The van der Waals surface area contributed by atoms with Crippen LogP contribution in [0.4, 0.5) is 11.4 Å². The monoisotopic (exact) mass is 410 g/mol. The molecule has 0 spiro atoms. The topological polar surface area (TPSA) is 81.8 Å². The second-order valence-corrected chi connectivity index (χ2v) is 7.48. The molecule has 1 atom stereocenters. The first-order valence-corrected chi connectivity index (χ1v) is 10.3. The SMILES string of the molecule is NC1c2ccc(OCCCN3CCOCC3)cc2N=CN1c1cccc2c1OCO2. The fourth-order valence-corrected chi connectivity index (χ4v) is 3.95. The fraction of sp³-hybridized carbons (Fsp3) is 0.409.